The van der Waals surface area contributed by atoms with Crippen molar-refractivity contribution in [2.45, 2.75) is 18.9 Å². The minimum absolute atomic E-state index is 0.0697. The van der Waals surface area contributed by atoms with Crippen molar-refractivity contribution in [1.29, 1.82) is 0 Å². The van der Waals surface area contributed by atoms with Crippen LogP contribution in [0.2, 0.25) is 0 Å². The molecular weight excluding hydrogens is 212 g/mol. The normalized spacial score (nSPS) is 17.1. The summed E-state index contributed by atoms with van der Waals surface area (Å²) in [6.45, 7) is 1.39. The van der Waals surface area contributed by atoms with Crippen LogP contribution in [0.3, 0.4) is 0 Å². The minimum Gasteiger partial charge on any atom is -0.467 e. The Bertz CT molecular complexity index is 355. The van der Waals surface area contributed by atoms with Crippen molar-refractivity contribution >= 4 is 5.95 Å². The van der Waals surface area contributed by atoms with Crippen molar-refractivity contribution in [3.8, 4) is 12.0 Å². The van der Waals surface area contributed by atoms with E-state index in [0.29, 0.717) is 13.2 Å². The lowest BCUT2D eigenvalue weighted by atomic mass is 10.2. The average molecular weight is 226 g/mol. The lowest BCUT2D eigenvalue weighted by Gasteiger charge is -2.22. The van der Waals surface area contributed by atoms with E-state index in [1.807, 2.05) is 0 Å². The molecule has 1 saturated heterocycles. The number of aromatic nitrogens is 3. The number of rotatable bonds is 3. The largest absolute Gasteiger partial charge is 0.467 e. The zero-order chi connectivity index (χ0) is 11.4. The first-order valence-electron chi connectivity index (χ1n) is 5.08. The van der Waals surface area contributed by atoms with E-state index in [0.717, 1.165) is 12.8 Å². The number of hydrogen-bond donors (Lipinski definition) is 1. The monoisotopic (exact) mass is 226 g/mol. The summed E-state index contributed by atoms with van der Waals surface area (Å²) in [5.41, 5.74) is 5.49. The Labute approximate surface area is 93.0 Å². The number of anilines is 1. The van der Waals surface area contributed by atoms with Gasteiger partial charge in [0.2, 0.25) is 5.95 Å². The Morgan fingerprint density at radius 1 is 1.19 bits per heavy atom. The third kappa shape index (κ3) is 2.69. The first kappa shape index (κ1) is 10.9. The Kier molecular flexibility index (Phi) is 3.35. The van der Waals surface area contributed by atoms with Gasteiger partial charge in [-0.1, -0.05) is 0 Å². The van der Waals surface area contributed by atoms with E-state index in [1.165, 1.54) is 7.11 Å². The molecule has 0 aromatic carbocycles. The smallest absolute Gasteiger partial charge is 0.324 e. The van der Waals surface area contributed by atoms with Crippen molar-refractivity contribution in [2.75, 3.05) is 26.1 Å². The third-order valence-electron chi connectivity index (χ3n) is 2.23. The first-order chi connectivity index (χ1) is 7.78. The molecule has 1 aromatic rings. The zero-order valence-corrected chi connectivity index (χ0v) is 9.05. The fraction of sp³-hybridized carbons (Fsp3) is 0.667. The summed E-state index contributed by atoms with van der Waals surface area (Å²) >= 11 is 0. The molecule has 7 heteroatoms. The molecule has 0 radical (unpaired) electrons. The number of nitrogens with two attached hydrogens (primary N) is 1. The highest BCUT2D eigenvalue weighted by Crippen LogP contribution is 2.16. The molecule has 1 aliphatic rings. The number of ether oxygens (including phenoxy) is 3. The molecule has 0 atom stereocenters. The molecule has 2 heterocycles. The van der Waals surface area contributed by atoms with E-state index in [2.05, 4.69) is 15.0 Å². The van der Waals surface area contributed by atoms with Crippen LogP contribution in [0.4, 0.5) is 5.95 Å². The summed E-state index contributed by atoms with van der Waals surface area (Å²) < 4.78 is 15.7. The molecule has 0 aliphatic carbocycles. The van der Waals surface area contributed by atoms with Gasteiger partial charge in [-0.05, 0) is 0 Å². The molecule has 7 nitrogen and oxygen atoms in total. The SMILES string of the molecule is COc1nc(N)nc(OC2CCOCC2)n1. The summed E-state index contributed by atoms with van der Waals surface area (Å²) in [4.78, 5) is 11.6. The van der Waals surface area contributed by atoms with Crippen LogP contribution in [-0.2, 0) is 4.74 Å². The topological polar surface area (TPSA) is 92.4 Å². The Morgan fingerprint density at radius 3 is 2.56 bits per heavy atom. The van der Waals surface area contributed by atoms with Crippen LogP contribution in [0.15, 0.2) is 0 Å². The van der Waals surface area contributed by atoms with E-state index in [9.17, 15) is 0 Å². The van der Waals surface area contributed by atoms with Crippen LogP contribution in [0.25, 0.3) is 0 Å². The van der Waals surface area contributed by atoms with E-state index < -0.39 is 0 Å². The number of nitrogens with zero attached hydrogens (tertiary/aromatic N) is 3. The second kappa shape index (κ2) is 4.93. The number of methoxy groups -OCH3 is 1. The Balaban J connectivity index is 2.04. The molecular formula is C9H14N4O3. The van der Waals surface area contributed by atoms with Gasteiger partial charge in [-0.25, -0.2) is 0 Å². The lowest BCUT2D eigenvalue weighted by molar-refractivity contribution is 0.0214. The van der Waals surface area contributed by atoms with Crippen molar-refractivity contribution in [1.82, 2.24) is 15.0 Å². The van der Waals surface area contributed by atoms with Gasteiger partial charge in [0.25, 0.3) is 0 Å². The van der Waals surface area contributed by atoms with Gasteiger partial charge in [0.05, 0.1) is 20.3 Å². The van der Waals surface area contributed by atoms with Gasteiger partial charge in [0, 0.05) is 12.8 Å². The third-order valence-corrected chi connectivity index (χ3v) is 2.23. The van der Waals surface area contributed by atoms with Crippen molar-refractivity contribution in [3.05, 3.63) is 0 Å². The highest BCUT2D eigenvalue weighted by atomic mass is 16.5. The molecule has 1 aliphatic heterocycles. The summed E-state index contributed by atoms with van der Waals surface area (Å²) in [5, 5.41) is 0. The maximum absolute atomic E-state index is 5.58. The zero-order valence-electron chi connectivity index (χ0n) is 9.05. The van der Waals surface area contributed by atoms with Gasteiger partial charge < -0.3 is 19.9 Å². The van der Waals surface area contributed by atoms with Crippen molar-refractivity contribution in [2.24, 2.45) is 0 Å². The van der Waals surface area contributed by atoms with Gasteiger partial charge in [0.15, 0.2) is 0 Å². The van der Waals surface area contributed by atoms with Crippen LogP contribution >= 0.6 is 0 Å². The van der Waals surface area contributed by atoms with Gasteiger partial charge >= 0.3 is 12.0 Å². The van der Waals surface area contributed by atoms with E-state index >= 15 is 0 Å². The minimum atomic E-state index is 0.0697. The maximum atomic E-state index is 5.58. The summed E-state index contributed by atoms with van der Waals surface area (Å²) in [7, 11) is 1.47. The van der Waals surface area contributed by atoms with Gasteiger partial charge in [-0.2, -0.15) is 9.97 Å². The molecule has 0 saturated carbocycles. The molecule has 2 rings (SSSR count). The fourth-order valence-electron chi connectivity index (χ4n) is 1.44. The molecule has 1 aromatic heterocycles. The molecule has 0 bridgehead atoms. The van der Waals surface area contributed by atoms with Gasteiger partial charge in [-0.3, -0.25) is 0 Å². The van der Waals surface area contributed by atoms with E-state index in [1.54, 1.807) is 0 Å². The predicted molar refractivity (Wildman–Crippen MR) is 55.3 cm³/mol. The second-order valence-electron chi connectivity index (χ2n) is 3.39. The lowest BCUT2D eigenvalue weighted by Crippen LogP contribution is -2.26. The van der Waals surface area contributed by atoms with Crippen LogP contribution < -0.4 is 15.2 Å². The Hall–Kier alpha value is -1.63. The number of hydrogen-bond acceptors (Lipinski definition) is 7. The van der Waals surface area contributed by atoms with E-state index in [-0.39, 0.29) is 24.1 Å². The van der Waals surface area contributed by atoms with Crippen molar-refractivity contribution in [3.63, 3.8) is 0 Å². The first-order valence-corrected chi connectivity index (χ1v) is 5.08. The maximum Gasteiger partial charge on any atom is 0.324 e. The Morgan fingerprint density at radius 2 is 1.88 bits per heavy atom. The molecule has 0 spiro atoms. The van der Waals surface area contributed by atoms with Crippen LogP contribution in [0.1, 0.15) is 12.8 Å². The molecule has 2 N–H and O–H groups in total. The van der Waals surface area contributed by atoms with Crippen LogP contribution in [-0.4, -0.2) is 41.4 Å². The summed E-state index contributed by atoms with van der Waals surface area (Å²) in [6, 6.07) is 0.366. The van der Waals surface area contributed by atoms with Crippen molar-refractivity contribution < 1.29 is 14.2 Å². The molecule has 16 heavy (non-hydrogen) atoms. The fourth-order valence-corrected chi connectivity index (χ4v) is 1.44. The molecule has 88 valence electrons. The van der Waals surface area contributed by atoms with Crippen LogP contribution in [0, 0.1) is 0 Å². The average Bonchev–Trinajstić information content (AvgIpc) is 2.29. The van der Waals surface area contributed by atoms with Gasteiger partial charge in [-0.15, -0.1) is 4.98 Å². The summed E-state index contributed by atoms with van der Waals surface area (Å²) in [5.74, 6) is 0.0916. The highest BCUT2D eigenvalue weighted by Gasteiger charge is 2.17. The predicted octanol–water partition coefficient (Wildman–Crippen LogP) is 0.0202. The highest BCUT2D eigenvalue weighted by molar-refractivity contribution is 5.20. The standard InChI is InChI=1S/C9H14N4O3/c1-14-8-11-7(10)12-9(13-8)16-6-2-4-15-5-3-6/h6H,2-5H2,1H3,(H2,10,11,12,13). The van der Waals surface area contributed by atoms with Gasteiger partial charge in [0.1, 0.15) is 6.10 Å². The molecule has 0 amide bonds. The molecule has 1 fully saturated rings. The number of nitrogen functional groups attached to an aromatic ring is 1. The van der Waals surface area contributed by atoms with Crippen LogP contribution in [0.5, 0.6) is 12.0 Å². The summed E-state index contributed by atoms with van der Waals surface area (Å²) in [6.07, 6.45) is 1.72. The van der Waals surface area contributed by atoms with E-state index in [4.69, 9.17) is 19.9 Å². The quantitative estimate of drug-likeness (QED) is 0.776. The second-order valence-corrected chi connectivity index (χ2v) is 3.39. The molecule has 0 unspecified atom stereocenters.